The average molecular weight is 301 g/mol. The van der Waals surface area contributed by atoms with Crippen molar-refractivity contribution >= 4 is 0 Å². The molecule has 0 heterocycles. The van der Waals surface area contributed by atoms with Crippen molar-refractivity contribution in [2.24, 2.45) is 5.73 Å². The van der Waals surface area contributed by atoms with Gasteiger partial charge in [0.25, 0.3) is 0 Å². The highest BCUT2D eigenvalue weighted by Gasteiger charge is 2.12. The lowest BCUT2D eigenvalue weighted by Gasteiger charge is -2.16. The van der Waals surface area contributed by atoms with E-state index < -0.39 is 0 Å². The van der Waals surface area contributed by atoms with E-state index in [0.717, 1.165) is 34.8 Å². The molecule has 2 aromatic rings. The summed E-state index contributed by atoms with van der Waals surface area (Å²) in [6.45, 7) is 2.43. The van der Waals surface area contributed by atoms with Crippen LogP contribution in [0.5, 0.6) is 17.2 Å². The molecule has 4 nitrogen and oxygen atoms in total. The summed E-state index contributed by atoms with van der Waals surface area (Å²) in [4.78, 5) is 0. The molecular weight excluding hydrogens is 278 g/mol. The van der Waals surface area contributed by atoms with Crippen molar-refractivity contribution < 1.29 is 14.2 Å². The van der Waals surface area contributed by atoms with Crippen LogP contribution in [0.1, 0.15) is 18.1 Å². The zero-order valence-electron chi connectivity index (χ0n) is 13.3. The number of rotatable bonds is 7. The van der Waals surface area contributed by atoms with Gasteiger partial charge in [0, 0.05) is 6.04 Å². The van der Waals surface area contributed by atoms with Gasteiger partial charge in [-0.25, -0.2) is 0 Å². The van der Waals surface area contributed by atoms with E-state index in [-0.39, 0.29) is 6.04 Å². The van der Waals surface area contributed by atoms with Crippen LogP contribution in [-0.4, -0.2) is 20.3 Å². The van der Waals surface area contributed by atoms with Crippen LogP contribution in [0.25, 0.3) is 0 Å². The van der Waals surface area contributed by atoms with Crippen molar-refractivity contribution in [2.75, 3.05) is 14.2 Å². The van der Waals surface area contributed by atoms with E-state index in [1.807, 2.05) is 49.4 Å². The van der Waals surface area contributed by atoms with Gasteiger partial charge in [-0.3, -0.25) is 0 Å². The molecule has 4 heteroatoms. The lowest BCUT2D eigenvalue weighted by molar-refractivity contribution is 0.280. The predicted molar refractivity (Wildman–Crippen MR) is 87.7 cm³/mol. The SMILES string of the molecule is COc1cccc(COc2c(CC(C)N)cccc2OC)c1. The smallest absolute Gasteiger partial charge is 0.164 e. The molecule has 2 rings (SSSR count). The number of para-hydroxylation sites is 1. The molecule has 2 aromatic carbocycles. The van der Waals surface area contributed by atoms with Crippen LogP contribution >= 0.6 is 0 Å². The van der Waals surface area contributed by atoms with Crippen molar-refractivity contribution in [3.8, 4) is 17.2 Å². The van der Waals surface area contributed by atoms with Gasteiger partial charge in [-0.1, -0.05) is 24.3 Å². The van der Waals surface area contributed by atoms with Gasteiger partial charge in [0.15, 0.2) is 11.5 Å². The first kappa shape index (κ1) is 16.2. The first-order valence-electron chi connectivity index (χ1n) is 7.31. The molecule has 0 amide bonds. The molecule has 1 atom stereocenters. The Balaban J connectivity index is 2.19. The Bertz CT molecular complexity index is 611. The van der Waals surface area contributed by atoms with Gasteiger partial charge in [0.1, 0.15) is 12.4 Å². The third-order valence-corrected chi connectivity index (χ3v) is 3.34. The normalized spacial score (nSPS) is 11.8. The molecule has 0 saturated carbocycles. The lowest BCUT2D eigenvalue weighted by atomic mass is 10.1. The van der Waals surface area contributed by atoms with E-state index in [2.05, 4.69) is 0 Å². The fourth-order valence-electron chi connectivity index (χ4n) is 2.31. The first-order chi connectivity index (χ1) is 10.6. The summed E-state index contributed by atoms with van der Waals surface area (Å²) in [5, 5.41) is 0. The molecule has 0 aliphatic carbocycles. The molecule has 0 aliphatic rings. The van der Waals surface area contributed by atoms with Crippen LogP contribution in [0.3, 0.4) is 0 Å². The Labute approximate surface area is 131 Å². The summed E-state index contributed by atoms with van der Waals surface area (Å²) >= 11 is 0. The summed E-state index contributed by atoms with van der Waals surface area (Å²) in [6, 6.07) is 13.7. The maximum atomic E-state index is 6.01. The minimum atomic E-state index is 0.0614. The van der Waals surface area contributed by atoms with Crippen molar-refractivity contribution in [2.45, 2.75) is 26.0 Å². The largest absolute Gasteiger partial charge is 0.497 e. The third kappa shape index (κ3) is 4.15. The van der Waals surface area contributed by atoms with E-state index in [1.54, 1.807) is 14.2 Å². The van der Waals surface area contributed by atoms with Crippen molar-refractivity contribution in [3.05, 3.63) is 53.6 Å². The second-order valence-corrected chi connectivity index (χ2v) is 5.27. The second-order valence-electron chi connectivity index (χ2n) is 5.27. The zero-order chi connectivity index (χ0) is 15.9. The summed E-state index contributed by atoms with van der Waals surface area (Å²) in [7, 11) is 3.30. The molecule has 0 bridgehead atoms. The maximum absolute atomic E-state index is 6.01. The van der Waals surface area contributed by atoms with Crippen LogP contribution in [-0.2, 0) is 13.0 Å². The highest BCUT2D eigenvalue weighted by atomic mass is 16.5. The average Bonchev–Trinajstić information content (AvgIpc) is 2.53. The number of hydrogen-bond donors (Lipinski definition) is 1. The minimum absolute atomic E-state index is 0.0614. The Morgan fingerprint density at radius 1 is 1.05 bits per heavy atom. The summed E-state index contributed by atoms with van der Waals surface area (Å²) in [6.07, 6.45) is 0.741. The summed E-state index contributed by atoms with van der Waals surface area (Å²) in [5.74, 6) is 2.29. The van der Waals surface area contributed by atoms with E-state index in [0.29, 0.717) is 6.61 Å². The molecule has 2 N–H and O–H groups in total. The predicted octanol–water partition coefficient (Wildman–Crippen LogP) is 3.17. The number of benzene rings is 2. The lowest BCUT2D eigenvalue weighted by Crippen LogP contribution is -2.18. The topological polar surface area (TPSA) is 53.7 Å². The van der Waals surface area contributed by atoms with Gasteiger partial charge in [-0.15, -0.1) is 0 Å². The van der Waals surface area contributed by atoms with Gasteiger partial charge >= 0.3 is 0 Å². The molecule has 118 valence electrons. The van der Waals surface area contributed by atoms with Crippen LogP contribution in [0.4, 0.5) is 0 Å². The third-order valence-electron chi connectivity index (χ3n) is 3.34. The fourth-order valence-corrected chi connectivity index (χ4v) is 2.31. The quantitative estimate of drug-likeness (QED) is 0.853. The van der Waals surface area contributed by atoms with Gasteiger partial charge < -0.3 is 19.9 Å². The Morgan fingerprint density at radius 3 is 2.50 bits per heavy atom. The van der Waals surface area contributed by atoms with Crippen molar-refractivity contribution in [1.29, 1.82) is 0 Å². The second kappa shape index (κ2) is 7.71. The van der Waals surface area contributed by atoms with Crippen LogP contribution in [0, 0.1) is 0 Å². The summed E-state index contributed by atoms with van der Waals surface area (Å²) in [5.41, 5.74) is 8.01. The Hall–Kier alpha value is -2.20. The molecule has 0 aliphatic heterocycles. The summed E-state index contributed by atoms with van der Waals surface area (Å²) < 4.78 is 16.7. The monoisotopic (exact) mass is 301 g/mol. The number of methoxy groups -OCH3 is 2. The molecule has 0 spiro atoms. The molecule has 1 unspecified atom stereocenters. The molecule has 22 heavy (non-hydrogen) atoms. The van der Waals surface area contributed by atoms with Crippen LogP contribution < -0.4 is 19.9 Å². The van der Waals surface area contributed by atoms with E-state index in [1.165, 1.54) is 0 Å². The van der Waals surface area contributed by atoms with Crippen molar-refractivity contribution in [3.63, 3.8) is 0 Å². The van der Waals surface area contributed by atoms with Gasteiger partial charge in [0.2, 0.25) is 0 Å². The van der Waals surface area contributed by atoms with Gasteiger partial charge in [0.05, 0.1) is 14.2 Å². The Morgan fingerprint density at radius 2 is 1.82 bits per heavy atom. The van der Waals surface area contributed by atoms with E-state index >= 15 is 0 Å². The molecule has 0 radical (unpaired) electrons. The van der Waals surface area contributed by atoms with E-state index in [4.69, 9.17) is 19.9 Å². The van der Waals surface area contributed by atoms with Crippen molar-refractivity contribution in [1.82, 2.24) is 0 Å². The first-order valence-corrected chi connectivity index (χ1v) is 7.31. The highest BCUT2D eigenvalue weighted by molar-refractivity contribution is 5.47. The van der Waals surface area contributed by atoms with Gasteiger partial charge in [-0.2, -0.15) is 0 Å². The number of nitrogens with two attached hydrogens (primary N) is 1. The standard InChI is InChI=1S/C18H23NO3/c1-13(19)10-15-7-5-9-17(21-3)18(15)22-12-14-6-4-8-16(11-14)20-2/h4-9,11,13H,10,12,19H2,1-3H3. The van der Waals surface area contributed by atoms with E-state index in [9.17, 15) is 0 Å². The molecular formula is C18H23NO3. The van der Waals surface area contributed by atoms with Crippen LogP contribution in [0.15, 0.2) is 42.5 Å². The molecule has 0 fully saturated rings. The van der Waals surface area contributed by atoms with Crippen LogP contribution in [0.2, 0.25) is 0 Å². The zero-order valence-corrected chi connectivity index (χ0v) is 13.3. The fraction of sp³-hybridized carbons (Fsp3) is 0.333. The number of hydrogen-bond acceptors (Lipinski definition) is 4. The van der Waals surface area contributed by atoms with Gasteiger partial charge in [-0.05, 0) is 42.7 Å². The highest BCUT2D eigenvalue weighted by Crippen LogP contribution is 2.32. The Kier molecular flexibility index (Phi) is 5.67. The minimum Gasteiger partial charge on any atom is -0.497 e. The molecule has 0 saturated heterocycles. The number of ether oxygens (including phenoxy) is 3. The maximum Gasteiger partial charge on any atom is 0.164 e. The molecule has 0 aromatic heterocycles.